The van der Waals surface area contributed by atoms with Crippen molar-refractivity contribution in [3.05, 3.63) is 119 Å². The summed E-state index contributed by atoms with van der Waals surface area (Å²) in [6.45, 7) is 24.0. The smallest absolute Gasteiger partial charge is 0.306 e. The Morgan fingerprint density at radius 2 is 1.15 bits per heavy atom. The van der Waals surface area contributed by atoms with Gasteiger partial charge in [0.15, 0.2) is 0 Å². The highest BCUT2D eigenvalue weighted by molar-refractivity contribution is 5.69. The molecule has 0 aromatic carbocycles. The minimum Gasteiger partial charge on any atom is -0.462 e. The Bertz CT molecular complexity index is 1680. The first-order chi connectivity index (χ1) is 28.4. The maximum absolute atomic E-state index is 12.8. The fourth-order valence-electron chi connectivity index (χ4n) is 9.64. The van der Waals surface area contributed by atoms with Crippen molar-refractivity contribution in [3.63, 3.8) is 0 Å². The summed E-state index contributed by atoms with van der Waals surface area (Å²) < 4.78 is 12.6. The van der Waals surface area contributed by atoms with Gasteiger partial charge in [0.1, 0.15) is 17.3 Å². The Hall–Kier alpha value is -3.21. The number of aliphatic hydroxyl groups excluding tert-OH is 1. The zero-order valence-corrected chi connectivity index (χ0v) is 40.1. The van der Waals surface area contributed by atoms with Crippen molar-refractivity contribution in [2.75, 3.05) is 0 Å². The van der Waals surface area contributed by atoms with Crippen LogP contribution in [-0.4, -0.2) is 34.5 Å². The summed E-state index contributed by atoms with van der Waals surface area (Å²) in [4.78, 5) is 12.8. The molecule has 4 heteroatoms. The van der Waals surface area contributed by atoms with Crippen LogP contribution in [0.15, 0.2) is 119 Å². The van der Waals surface area contributed by atoms with Crippen LogP contribution in [0.2, 0.25) is 0 Å². The lowest BCUT2D eigenvalue weighted by Gasteiger charge is -2.40. The first-order valence-electron chi connectivity index (χ1n) is 23.8. The van der Waals surface area contributed by atoms with E-state index < -0.39 is 0 Å². The van der Waals surface area contributed by atoms with Crippen molar-refractivity contribution in [1.29, 1.82) is 0 Å². The Balaban J connectivity index is 1.38. The average Bonchev–Trinajstić information content (AvgIpc) is 3.79. The number of carbonyl (C=O) groups excluding carboxylic acids is 1. The highest BCUT2D eigenvalue weighted by Gasteiger charge is 2.75. The van der Waals surface area contributed by atoms with Crippen molar-refractivity contribution < 1.29 is 19.4 Å². The molecule has 1 aliphatic heterocycles. The molecule has 0 radical (unpaired) electrons. The number of hydrogen-bond donors (Lipinski definition) is 1. The number of esters is 1. The highest BCUT2D eigenvalue weighted by atomic mass is 16.6. The topological polar surface area (TPSA) is 59.1 Å². The van der Waals surface area contributed by atoms with Gasteiger partial charge in [-0.15, -0.1) is 0 Å². The molecule has 2 aliphatic carbocycles. The Kier molecular flexibility index (Phi) is 21.3. The summed E-state index contributed by atoms with van der Waals surface area (Å²) in [5.41, 5.74) is 6.52. The van der Waals surface area contributed by atoms with E-state index in [0.29, 0.717) is 6.42 Å². The van der Waals surface area contributed by atoms with Gasteiger partial charge in [0.25, 0.3) is 0 Å². The van der Waals surface area contributed by atoms with Crippen LogP contribution in [0.5, 0.6) is 0 Å². The molecule has 0 spiro atoms. The number of aliphatic hydroxyl groups is 1. The molecule has 0 aromatic rings. The molecule has 1 saturated heterocycles. The molecule has 0 unspecified atom stereocenters. The van der Waals surface area contributed by atoms with Gasteiger partial charge in [0.2, 0.25) is 0 Å². The van der Waals surface area contributed by atoms with E-state index >= 15 is 0 Å². The Morgan fingerprint density at radius 3 is 1.67 bits per heavy atom. The number of allylic oxidation sites excluding steroid dienone is 18. The van der Waals surface area contributed by atoms with E-state index in [0.717, 1.165) is 38.5 Å². The fourth-order valence-corrected chi connectivity index (χ4v) is 9.64. The minimum absolute atomic E-state index is 0.00559. The molecule has 1 saturated carbocycles. The van der Waals surface area contributed by atoms with Crippen molar-refractivity contribution in [2.45, 2.75) is 215 Å². The first-order valence-corrected chi connectivity index (χ1v) is 23.8. The lowest BCUT2D eigenvalue weighted by molar-refractivity contribution is -0.152. The van der Waals surface area contributed by atoms with Gasteiger partial charge in [-0.25, -0.2) is 0 Å². The second-order valence-electron chi connectivity index (χ2n) is 20.0. The van der Waals surface area contributed by atoms with Crippen molar-refractivity contribution in [1.82, 2.24) is 0 Å². The molecule has 1 heterocycles. The number of fused-ring (bicyclic) bond motifs is 1. The largest absolute Gasteiger partial charge is 0.462 e. The van der Waals surface area contributed by atoms with Gasteiger partial charge in [-0.05, 0) is 84.3 Å². The van der Waals surface area contributed by atoms with E-state index in [-0.39, 0.29) is 40.2 Å². The Labute approximate surface area is 368 Å². The molecule has 0 bridgehead atoms. The van der Waals surface area contributed by atoms with E-state index in [4.69, 9.17) is 9.47 Å². The maximum atomic E-state index is 12.8. The molecule has 2 fully saturated rings. The molecular weight excluding hydrogens is 737 g/mol. The van der Waals surface area contributed by atoms with Crippen LogP contribution in [0.25, 0.3) is 0 Å². The van der Waals surface area contributed by atoms with E-state index in [1.807, 2.05) is 0 Å². The van der Waals surface area contributed by atoms with Crippen LogP contribution in [0.1, 0.15) is 192 Å². The quantitative estimate of drug-likeness (QED) is 0.0431. The maximum Gasteiger partial charge on any atom is 0.306 e. The summed E-state index contributed by atoms with van der Waals surface area (Å²) >= 11 is 0. The van der Waals surface area contributed by atoms with E-state index in [1.54, 1.807) is 0 Å². The van der Waals surface area contributed by atoms with Gasteiger partial charge in [-0.1, -0.05) is 219 Å². The second-order valence-corrected chi connectivity index (χ2v) is 20.0. The number of ether oxygens (including phenoxy) is 2. The van der Waals surface area contributed by atoms with Crippen molar-refractivity contribution in [3.8, 4) is 0 Å². The molecular formula is C56H86O4. The molecule has 4 nitrogen and oxygen atoms in total. The third-order valence-electron chi connectivity index (χ3n) is 13.1. The van der Waals surface area contributed by atoms with Crippen molar-refractivity contribution >= 4 is 5.97 Å². The predicted molar refractivity (Wildman–Crippen MR) is 258 cm³/mol. The van der Waals surface area contributed by atoms with Gasteiger partial charge in [-0.3, -0.25) is 4.79 Å². The zero-order chi connectivity index (χ0) is 44.2. The summed E-state index contributed by atoms with van der Waals surface area (Å²) in [6, 6.07) is 0. The third kappa shape index (κ3) is 16.9. The summed E-state index contributed by atoms with van der Waals surface area (Å²) in [5, 5.41) is 10.2. The second kappa shape index (κ2) is 25.0. The van der Waals surface area contributed by atoms with Gasteiger partial charge in [0.05, 0.1) is 6.10 Å². The summed E-state index contributed by atoms with van der Waals surface area (Å²) in [6.07, 6.45) is 50.3. The Morgan fingerprint density at radius 1 is 0.667 bits per heavy atom. The molecule has 3 aliphatic rings. The summed E-state index contributed by atoms with van der Waals surface area (Å²) in [7, 11) is 0. The van der Waals surface area contributed by atoms with E-state index in [1.165, 1.54) is 104 Å². The standard InChI is InChI=1S/C56H86O4/c1-12-13-14-15-16-17-18-19-20-21-22-23-24-35-52(58)59-50-42-54(9,10)56(55(11,43-50)60-56)39-38-47(5)34-28-32-45(3)30-26-25-29-44(2)31-27-33-46(4)36-37-51-48(6)40-49(57)41-53(51,7)8/h25-34,36-39,49-50,57H,12-24,35,40-43H2,1-11H3/b26-25+,31-27+,32-28+,37-36+,39-38+,44-29+,45-30+,46-33+,47-34+/t49-,50+,55-,56+/m1/s1. The van der Waals surface area contributed by atoms with Crippen LogP contribution >= 0.6 is 0 Å². The van der Waals surface area contributed by atoms with Gasteiger partial charge in [-0.2, -0.15) is 0 Å². The third-order valence-corrected chi connectivity index (χ3v) is 13.1. The van der Waals surface area contributed by atoms with Gasteiger partial charge in [0, 0.05) is 18.3 Å². The minimum atomic E-state index is -0.348. The highest BCUT2D eigenvalue weighted by Crippen LogP contribution is 2.66. The monoisotopic (exact) mass is 823 g/mol. The molecule has 4 atom stereocenters. The van der Waals surface area contributed by atoms with Crippen LogP contribution < -0.4 is 0 Å². The van der Waals surface area contributed by atoms with E-state index in [9.17, 15) is 9.90 Å². The number of unbranched alkanes of at least 4 members (excludes halogenated alkanes) is 12. The van der Waals surface area contributed by atoms with Gasteiger partial charge >= 0.3 is 5.97 Å². The predicted octanol–water partition coefficient (Wildman–Crippen LogP) is 15.8. The lowest BCUT2D eigenvalue weighted by Crippen LogP contribution is -2.47. The number of hydrogen-bond acceptors (Lipinski definition) is 4. The van der Waals surface area contributed by atoms with E-state index in [2.05, 4.69) is 161 Å². The number of carbonyl (C=O) groups is 1. The van der Waals surface area contributed by atoms with Crippen molar-refractivity contribution in [2.24, 2.45) is 10.8 Å². The summed E-state index contributed by atoms with van der Waals surface area (Å²) in [5.74, 6) is -0.0469. The molecule has 60 heavy (non-hydrogen) atoms. The average molecular weight is 823 g/mol. The number of rotatable bonds is 25. The zero-order valence-electron chi connectivity index (χ0n) is 40.1. The van der Waals surface area contributed by atoms with Gasteiger partial charge < -0.3 is 14.6 Å². The fraction of sp³-hybridized carbons (Fsp3) is 0.625. The number of epoxide rings is 1. The molecule has 334 valence electrons. The first kappa shape index (κ1) is 51.1. The molecule has 0 amide bonds. The molecule has 3 rings (SSSR count). The van der Waals surface area contributed by atoms with Crippen LogP contribution in [0, 0.1) is 10.8 Å². The molecule has 0 aromatic heterocycles. The normalized spacial score (nSPS) is 26.4. The van der Waals surface area contributed by atoms with Crippen LogP contribution in [0.3, 0.4) is 0 Å². The van der Waals surface area contributed by atoms with Crippen LogP contribution in [0.4, 0.5) is 0 Å². The molecule has 1 N–H and O–H groups in total. The van der Waals surface area contributed by atoms with Crippen LogP contribution in [-0.2, 0) is 14.3 Å². The lowest BCUT2D eigenvalue weighted by atomic mass is 9.63. The SMILES string of the molecule is CCCCCCCCCCCCCCCC(=O)O[C@H]1CC(C)(C)[C@]2(/C=C/C(C)=C/C=C/C(C)=C/C=C/C=C(C)/C=C/C=C(C)/C=C/C3=C(C)C[C@@H](O)CC3(C)C)O[C@]2(C)C1.